The van der Waals surface area contributed by atoms with E-state index in [1.165, 1.54) is 12.4 Å². The lowest BCUT2D eigenvalue weighted by Crippen LogP contribution is -2.22. The zero-order valence-electron chi connectivity index (χ0n) is 11.6. The van der Waals surface area contributed by atoms with Crippen LogP contribution in [0.3, 0.4) is 0 Å². The van der Waals surface area contributed by atoms with Crippen LogP contribution in [0.2, 0.25) is 5.15 Å². The lowest BCUT2D eigenvalue weighted by molar-refractivity contribution is 0.624. The monoisotopic (exact) mass is 305 g/mol. The lowest BCUT2D eigenvalue weighted by Gasteiger charge is -2.25. The van der Waals surface area contributed by atoms with E-state index in [2.05, 4.69) is 15.1 Å². The van der Waals surface area contributed by atoms with E-state index in [1.807, 2.05) is 13.8 Å². The molecule has 3 rings (SSSR count). The summed E-state index contributed by atoms with van der Waals surface area (Å²) in [6.45, 7) is 4.31. The molecule has 0 amide bonds. The Bertz CT molecular complexity index is 801. The van der Waals surface area contributed by atoms with Crippen LogP contribution in [0, 0.1) is 12.7 Å². The molecule has 0 aliphatic heterocycles. The largest absolute Gasteiger partial charge is 0.324 e. The average Bonchev–Trinajstić information content (AvgIpc) is 2.93. The highest BCUT2D eigenvalue weighted by Gasteiger charge is 2.20. The lowest BCUT2D eigenvalue weighted by atomic mass is 10.2. The van der Waals surface area contributed by atoms with Crippen molar-refractivity contribution in [1.29, 1.82) is 0 Å². The van der Waals surface area contributed by atoms with E-state index in [-0.39, 0.29) is 5.82 Å². The van der Waals surface area contributed by atoms with Crippen LogP contribution < -0.4 is 4.90 Å². The number of anilines is 2. The normalized spacial score (nSPS) is 11.0. The van der Waals surface area contributed by atoms with Gasteiger partial charge in [-0.3, -0.25) is 0 Å². The molecule has 0 bridgehead atoms. The maximum atomic E-state index is 14.1. The van der Waals surface area contributed by atoms with E-state index in [9.17, 15) is 4.39 Å². The van der Waals surface area contributed by atoms with Crippen LogP contribution in [0.5, 0.6) is 0 Å². The molecule has 0 fully saturated rings. The minimum atomic E-state index is -0.306. The summed E-state index contributed by atoms with van der Waals surface area (Å²) in [6.07, 6.45) is 1.40. The maximum Gasteiger partial charge on any atom is 0.255 e. The number of hydrogen-bond donors (Lipinski definition) is 0. The molecule has 0 aliphatic carbocycles. The number of rotatable bonds is 3. The predicted molar refractivity (Wildman–Crippen MR) is 79.6 cm³/mol. The zero-order chi connectivity index (χ0) is 15.0. The first-order valence-electron chi connectivity index (χ1n) is 6.51. The van der Waals surface area contributed by atoms with Crippen molar-refractivity contribution in [3.05, 3.63) is 47.1 Å². The molecule has 0 atom stereocenters. The molecule has 2 aromatic heterocycles. The summed E-state index contributed by atoms with van der Waals surface area (Å²) < 4.78 is 15.7. The van der Waals surface area contributed by atoms with Gasteiger partial charge in [-0.2, -0.15) is 19.6 Å². The fraction of sp³-hybridized carbons (Fsp3) is 0.214. The molecule has 0 saturated carbocycles. The van der Waals surface area contributed by atoms with Crippen molar-refractivity contribution < 1.29 is 4.39 Å². The molecule has 0 spiro atoms. The quantitative estimate of drug-likeness (QED) is 0.696. The fourth-order valence-electron chi connectivity index (χ4n) is 2.31. The summed E-state index contributed by atoms with van der Waals surface area (Å²) in [7, 11) is 0. The molecule has 0 unspecified atom stereocenters. The van der Waals surface area contributed by atoms with E-state index in [0.717, 1.165) is 5.56 Å². The second kappa shape index (κ2) is 5.29. The summed E-state index contributed by atoms with van der Waals surface area (Å²) >= 11 is 6.17. The molecule has 0 radical (unpaired) electrons. The molecule has 1 aromatic carbocycles. The van der Waals surface area contributed by atoms with Gasteiger partial charge in [0.15, 0.2) is 0 Å². The summed E-state index contributed by atoms with van der Waals surface area (Å²) in [5, 5.41) is 4.50. The predicted octanol–water partition coefficient (Wildman–Crippen LogP) is 3.38. The standard InChI is InChI=1S/C14H13ClFN5/c1-3-20(11-7-5-4-6-10(11)16)13-9(2)12(15)19-14-17-8-18-21(13)14/h4-8H,3H2,1-2H3. The minimum absolute atomic E-state index is 0.306. The molecular weight excluding hydrogens is 293 g/mol. The third-order valence-electron chi connectivity index (χ3n) is 3.29. The maximum absolute atomic E-state index is 14.1. The minimum Gasteiger partial charge on any atom is -0.324 e. The van der Waals surface area contributed by atoms with Crippen molar-refractivity contribution in [2.45, 2.75) is 13.8 Å². The van der Waals surface area contributed by atoms with E-state index in [1.54, 1.807) is 27.6 Å². The number of hydrogen-bond acceptors (Lipinski definition) is 4. The SMILES string of the molecule is CCN(c1ccccc1F)c1c(C)c(Cl)nc2ncnn12. The number of nitrogens with zero attached hydrogens (tertiary/aromatic N) is 5. The summed E-state index contributed by atoms with van der Waals surface area (Å²) in [4.78, 5) is 10.0. The van der Waals surface area contributed by atoms with Crippen molar-refractivity contribution in [2.24, 2.45) is 0 Å². The average molecular weight is 306 g/mol. The highest BCUT2D eigenvalue weighted by Crippen LogP contribution is 2.32. The highest BCUT2D eigenvalue weighted by molar-refractivity contribution is 6.30. The molecule has 21 heavy (non-hydrogen) atoms. The Morgan fingerprint density at radius 3 is 2.81 bits per heavy atom. The molecule has 7 heteroatoms. The second-order valence-corrected chi connectivity index (χ2v) is 4.88. The van der Waals surface area contributed by atoms with E-state index in [4.69, 9.17) is 11.6 Å². The van der Waals surface area contributed by atoms with Gasteiger partial charge in [-0.1, -0.05) is 23.7 Å². The Kier molecular flexibility index (Phi) is 3.47. The van der Waals surface area contributed by atoms with E-state index < -0.39 is 0 Å². The third-order valence-corrected chi connectivity index (χ3v) is 3.66. The van der Waals surface area contributed by atoms with Gasteiger partial charge in [0.25, 0.3) is 5.78 Å². The number of halogens is 2. The van der Waals surface area contributed by atoms with Gasteiger partial charge in [-0.25, -0.2) is 4.39 Å². The van der Waals surface area contributed by atoms with E-state index in [0.29, 0.717) is 29.0 Å². The molecule has 0 aliphatic rings. The summed E-state index contributed by atoms with van der Waals surface area (Å²) in [5.41, 5.74) is 1.18. The number of fused-ring (bicyclic) bond motifs is 1. The van der Waals surface area contributed by atoms with Crippen LogP contribution in [0.25, 0.3) is 5.78 Å². The smallest absolute Gasteiger partial charge is 0.255 e. The third kappa shape index (κ3) is 2.21. The van der Waals surface area contributed by atoms with Crippen molar-refractivity contribution >= 4 is 28.9 Å². The molecule has 3 aromatic rings. The first-order chi connectivity index (χ1) is 10.1. The van der Waals surface area contributed by atoms with Gasteiger partial charge >= 0.3 is 0 Å². The Balaban J connectivity index is 2.29. The molecule has 5 nitrogen and oxygen atoms in total. The van der Waals surface area contributed by atoms with E-state index >= 15 is 0 Å². The topological polar surface area (TPSA) is 46.3 Å². The van der Waals surface area contributed by atoms with Crippen LogP contribution in [0.1, 0.15) is 12.5 Å². The summed E-state index contributed by atoms with van der Waals surface area (Å²) in [6, 6.07) is 6.59. The van der Waals surface area contributed by atoms with Crippen LogP contribution in [0.15, 0.2) is 30.6 Å². The van der Waals surface area contributed by atoms with Gasteiger partial charge < -0.3 is 4.90 Å². The van der Waals surface area contributed by atoms with Crippen LogP contribution in [-0.4, -0.2) is 26.1 Å². The molecule has 108 valence electrons. The number of benzene rings is 1. The Morgan fingerprint density at radius 2 is 2.10 bits per heavy atom. The van der Waals surface area contributed by atoms with Crippen molar-refractivity contribution in [2.75, 3.05) is 11.4 Å². The molecule has 0 N–H and O–H groups in total. The molecule has 0 saturated heterocycles. The highest BCUT2D eigenvalue weighted by atomic mass is 35.5. The van der Waals surface area contributed by atoms with Crippen molar-refractivity contribution in [3.63, 3.8) is 0 Å². The first kappa shape index (κ1) is 13.8. The Morgan fingerprint density at radius 1 is 1.33 bits per heavy atom. The molecule has 2 heterocycles. The van der Waals surface area contributed by atoms with Gasteiger partial charge in [0, 0.05) is 12.1 Å². The number of para-hydroxylation sites is 1. The van der Waals surface area contributed by atoms with Crippen molar-refractivity contribution in [3.8, 4) is 0 Å². The van der Waals surface area contributed by atoms with Gasteiger partial charge in [-0.15, -0.1) is 0 Å². The number of aromatic nitrogens is 4. The second-order valence-electron chi connectivity index (χ2n) is 4.52. The van der Waals surface area contributed by atoms with Gasteiger partial charge in [-0.05, 0) is 26.0 Å². The van der Waals surface area contributed by atoms with Crippen molar-refractivity contribution in [1.82, 2.24) is 19.6 Å². The van der Waals surface area contributed by atoms with Gasteiger partial charge in [0.1, 0.15) is 23.1 Å². The fourth-order valence-corrected chi connectivity index (χ4v) is 2.47. The Labute approximate surface area is 126 Å². The summed E-state index contributed by atoms with van der Waals surface area (Å²) in [5.74, 6) is 0.741. The first-order valence-corrected chi connectivity index (χ1v) is 6.89. The van der Waals surface area contributed by atoms with Crippen LogP contribution in [0.4, 0.5) is 15.9 Å². The Hall–Kier alpha value is -2.21. The van der Waals surface area contributed by atoms with Gasteiger partial charge in [0.05, 0.1) is 5.69 Å². The molecular formula is C14H13ClFN5. The van der Waals surface area contributed by atoms with Crippen LogP contribution in [-0.2, 0) is 0 Å². The van der Waals surface area contributed by atoms with Crippen LogP contribution >= 0.6 is 11.6 Å². The van der Waals surface area contributed by atoms with Gasteiger partial charge in [0.2, 0.25) is 0 Å². The zero-order valence-corrected chi connectivity index (χ0v) is 12.3.